The predicted molar refractivity (Wildman–Crippen MR) is 85.8 cm³/mol. The number of amides is 1. The Kier molecular flexibility index (Phi) is 3.44. The van der Waals surface area contributed by atoms with Crippen molar-refractivity contribution in [3.63, 3.8) is 0 Å². The molecule has 5 nitrogen and oxygen atoms in total. The van der Waals surface area contributed by atoms with Crippen molar-refractivity contribution in [1.82, 2.24) is 9.97 Å². The van der Waals surface area contributed by atoms with Crippen LogP contribution in [0.4, 0.5) is 5.69 Å². The predicted octanol–water partition coefficient (Wildman–Crippen LogP) is 3.35. The quantitative estimate of drug-likeness (QED) is 0.700. The van der Waals surface area contributed by atoms with E-state index in [9.17, 15) is 4.79 Å². The number of nitrogen functional groups attached to an aromatic ring is 1. The molecule has 0 radical (unpaired) electrons. The Morgan fingerprint density at radius 1 is 1.24 bits per heavy atom. The van der Waals surface area contributed by atoms with Crippen LogP contribution in [0.2, 0.25) is 10.0 Å². The van der Waals surface area contributed by atoms with Crippen LogP contribution in [0.3, 0.4) is 0 Å². The second-order valence-electron chi connectivity index (χ2n) is 4.25. The summed E-state index contributed by atoms with van der Waals surface area (Å²) in [6.07, 6.45) is 1.48. The minimum atomic E-state index is -0.606. The summed E-state index contributed by atoms with van der Waals surface area (Å²) >= 11 is 13.6. The van der Waals surface area contributed by atoms with Crippen molar-refractivity contribution in [2.45, 2.75) is 0 Å². The van der Waals surface area contributed by atoms with Gasteiger partial charge in [-0.2, -0.15) is 0 Å². The molecule has 3 rings (SSSR count). The number of aromatic nitrogens is 2. The highest BCUT2D eigenvalue weighted by atomic mass is 35.5. The number of rotatable bonds is 2. The third-order valence-electron chi connectivity index (χ3n) is 2.82. The van der Waals surface area contributed by atoms with Gasteiger partial charge in [0.2, 0.25) is 0 Å². The van der Waals surface area contributed by atoms with Crippen LogP contribution in [0.1, 0.15) is 10.5 Å². The summed E-state index contributed by atoms with van der Waals surface area (Å²) in [7, 11) is 0. The molecule has 0 unspecified atom stereocenters. The molecule has 3 aromatic rings. The first-order valence-electron chi connectivity index (χ1n) is 5.77. The number of anilines is 1. The zero-order valence-corrected chi connectivity index (χ0v) is 12.8. The van der Waals surface area contributed by atoms with Gasteiger partial charge in [0.15, 0.2) is 0 Å². The van der Waals surface area contributed by atoms with Crippen LogP contribution in [0.5, 0.6) is 0 Å². The average Bonchev–Trinajstić information content (AvgIpc) is 2.79. The molecular weight excluding hydrogens is 331 g/mol. The molecule has 0 aliphatic carbocycles. The standard InChI is InChI=1S/C13H8Cl2N4OS/c14-6-3-5(16)4-7(15)9(6)13-19-8-1-2-18-10(12(17)20)11(8)21-13/h1-4H,16H2,(H2,17,20). The Morgan fingerprint density at radius 3 is 2.52 bits per heavy atom. The topological polar surface area (TPSA) is 94.9 Å². The van der Waals surface area contributed by atoms with Crippen molar-refractivity contribution < 1.29 is 4.79 Å². The van der Waals surface area contributed by atoms with Gasteiger partial charge in [-0.15, -0.1) is 11.3 Å². The molecule has 1 aromatic carbocycles. The molecule has 0 atom stereocenters. The van der Waals surface area contributed by atoms with Gasteiger partial charge in [0.25, 0.3) is 5.91 Å². The van der Waals surface area contributed by atoms with E-state index in [0.29, 0.717) is 36.5 Å². The monoisotopic (exact) mass is 338 g/mol. The van der Waals surface area contributed by atoms with Crippen LogP contribution in [-0.2, 0) is 0 Å². The van der Waals surface area contributed by atoms with Gasteiger partial charge in [0, 0.05) is 17.4 Å². The van der Waals surface area contributed by atoms with E-state index in [2.05, 4.69) is 9.97 Å². The molecule has 106 valence electrons. The van der Waals surface area contributed by atoms with Crippen LogP contribution >= 0.6 is 34.5 Å². The van der Waals surface area contributed by atoms with Crippen molar-refractivity contribution in [1.29, 1.82) is 0 Å². The first-order valence-corrected chi connectivity index (χ1v) is 7.35. The zero-order chi connectivity index (χ0) is 15.1. The van der Waals surface area contributed by atoms with Crippen LogP contribution in [0.15, 0.2) is 24.4 Å². The van der Waals surface area contributed by atoms with Crippen molar-refractivity contribution in [2.24, 2.45) is 5.73 Å². The second kappa shape index (κ2) is 5.14. The minimum Gasteiger partial charge on any atom is -0.399 e. The second-order valence-corrected chi connectivity index (χ2v) is 6.06. The average molecular weight is 339 g/mol. The lowest BCUT2D eigenvalue weighted by molar-refractivity contribution is 0.0997. The molecule has 2 aromatic heterocycles. The molecule has 8 heteroatoms. The number of carbonyl (C=O) groups is 1. The summed E-state index contributed by atoms with van der Waals surface area (Å²) in [5, 5.41) is 1.37. The lowest BCUT2D eigenvalue weighted by atomic mass is 10.2. The van der Waals surface area contributed by atoms with E-state index in [1.54, 1.807) is 18.2 Å². The van der Waals surface area contributed by atoms with E-state index in [1.165, 1.54) is 17.5 Å². The molecule has 0 saturated heterocycles. The van der Waals surface area contributed by atoms with Gasteiger partial charge >= 0.3 is 0 Å². The highest BCUT2D eigenvalue weighted by Crippen LogP contribution is 2.40. The SMILES string of the molecule is NC(=O)c1nccc2nc(-c3c(Cl)cc(N)cc3Cl)sc12. The molecule has 4 N–H and O–H groups in total. The van der Waals surface area contributed by atoms with Gasteiger partial charge in [0.05, 0.1) is 20.3 Å². The summed E-state index contributed by atoms with van der Waals surface area (Å²) in [6.45, 7) is 0. The molecule has 2 heterocycles. The Morgan fingerprint density at radius 2 is 1.90 bits per heavy atom. The number of halogens is 2. The van der Waals surface area contributed by atoms with Crippen LogP contribution < -0.4 is 11.5 Å². The first kappa shape index (κ1) is 14.1. The fraction of sp³-hybridized carbons (Fsp3) is 0. The minimum absolute atomic E-state index is 0.180. The van der Waals surface area contributed by atoms with Gasteiger partial charge in [0.1, 0.15) is 10.7 Å². The lowest BCUT2D eigenvalue weighted by Gasteiger charge is -2.04. The number of primary amides is 1. The van der Waals surface area contributed by atoms with Crippen molar-refractivity contribution in [3.05, 3.63) is 40.1 Å². The summed E-state index contributed by atoms with van der Waals surface area (Å²) in [4.78, 5) is 19.8. The summed E-state index contributed by atoms with van der Waals surface area (Å²) < 4.78 is 0.601. The molecular formula is C13H8Cl2N4OS. The van der Waals surface area contributed by atoms with Crippen molar-refractivity contribution in [2.75, 3.05) is 5.73 Å². The maximum Gasteiger partial charge on any atom is 0.268 e. The highest BCUT2D eigenvalue weighted by molar-refractivity contribution is 7.22. The van der Waals surface area contributed by atoms with E-state index < -0.39 is 5.91 Å². The Bertz CT molecular complexity index is 855. The Labute approximate surface area is 133 Å². The number of hydrogen-bond donors (Lipinski definition) is 2. The molecule has 0 aliphatic heterocycles. The first-order chi connectivity index (χ1) is 9.97. The van der Waals surface area contributed by atoms with E-state index in [0.717, 1.165) is 0 Å². The maximum atomic E-state index is 11.4. The number of benzene rings is 1. The molecule has 0 aliphatic rings. The summed E-state index contributed by atoms with van der Waals surface area (Å²) in [5.74, 6) is -0.606. The fourth-order valence-electron chi connectivity index (χ4n) is 1.94. The van der Waals surface area contributed by atoms with Crippen molar-refractivity contribution >= 4 is 56.3 Å². The van der Waals surface area contributed by atoms with Gasteiger partial charge < -0.3 is 11.5 Å². The Hall–Kier alpha value is -1.89. The summed E-state index contributed by atoms with van der Waals surface area (Å²) in [6, 6.07) is 4.89. The third kappa shape index (κ3) is 2.42. The zero-order valence-electron chi connectivity index (χ0n) is 10.4. The highest BCUT2D eigenvalue weighted by Gasteiger charge is 2.18. The molecule has 0 fully saturated rings. The smallest absolute Gasteiger partial charge is 0.268 e. The summed E-state index contributed by atoms with van der Waals surface area (Å²) in [5.41, 5.74) is 12.8. The third-order valence-corrected chi connectivity index (χ3v) is 4.51. The molecule has 1 amide bonds. The van der Waals surface area contributed by atoms with Crippen LogP contribution in [0, 0.1) is 0 Å². The fourth-order valence-corrected chi connectivity index (χ4v) is 3.86. The normalized spacial score (nSPS) is 11.0. The molecule has 21 heavy (non-hydrogen) atoms. The van der Waals surface area contributed by atoms with E-state index in [-0.39, 0.29) is 5.69 Å². The van der Waals surface area contributed by atoms with Gasteiger partial charge in [-0.1, -0.05) is 23.2 Å². The number of hydrogen-bond acceptors (Lipinski definition) is 5. The lowest BCUT2D eigenvalue weighted by Crippen LogP contribution is -2.12. The largest absolute Gasteiger partial charge is 0.399 e. The van der Waals surface area contributed by atoms with E-state index >= 15 is 0 Å². The molecule has 0 saturated carbocycles. The van der Waals surface area contributed by atoms with E-state index in [4.69, 9.17) is 34.7 Å². The number of pyridine rings is 1. The molecule has 0 spiro atoms. The van der Waals surface area contributed by atoms with E-state index in [1.807, 2.05) is 0 Å². The number of thiazole rings is 1. The number of fused-ring (bicyclic) bond motifs is 1. The molecule has 0 bridgehead atoms. The number of nitrogens with zero attached hydrogens (tertiary/aromatic N) is 2. The van der Waals surface area contributed by atoms with Crippen LogP contribution in [-0.4, -0.2) is 15.9 Å². The van der Waals surface area contributed by atoms with Crippen LogP contribution in [0.25, 0.3) is 20.8 Å². The van der Waals surface area contributed by atoms with Crippen molar-refractivity contribution in [3.8, 4) is 10.6 Å². The van der Waals surface area contributed by atoms with Gasteiger partial charge in [-0.05, 0) is 18.2 Å². The van der Waals surface area contributed by atoms with Gasteiger partial charge in [-0.3, -0.25) is 4.79 Å². The maximum absolute atomic E-state index is 11.4. The Balaban J connectivity index is 2.28. The number of nitrogens with two attached hydrogens (primary N) is 2. The van der Waals surface area contributed by atoms with Gasteiger partial charge in [-0.25, -0.2) is 9.97 Å². The number of carbonyl (C=O) groups excluding carboxylic acids is 1.